The van der Waals surface area contributed by atoms with E-state index in [9.17, 15) is 4.79 Å². The van der Waals surface area contributed by atoms with E-state index in [0.717, 1.165) is 12.8 Å². The summed E-state index contributed by atoms with van der Waals surface area (Å²) in [5.41, 5.74) is 3.31. The maximum atomic E-state index is 11.0. The lowest BCUT2D eigenvalue weighted by atomic mass is 10.1. The lowest BCUT2D eigenvalue weighted by Gasteiger charge is -2.00. The summed E-state index contributed by atoms with van der Waals surface area (Å²) in [7, 11) is 0. The molecule has 0 N–H and O–H groups in total. The van der Waals surface area contributed by atoms with Crippen LogP contribution in [0.15, 0.2) is 48.6 Å². The van der Waals surface area contributed by atoms with Gasteiger partial charge in [0.1, 0.15) is 0 Å². The first kappa shape index (κ1) is 27.0. The average Bonchev–Trinajstić information content (AvgIpc) is 2.64. The number of aryl methyl sites for hydroxylation is 2. The monoisotopic (exact) mass is 334 g/mol. The molecular formula is C22H38O2. The molecule has 0 atom stereocenters. The molecule has 0 spiro atoms. The van der Waals surface area contributed by atoms with E-state index in [0.29, 0.717) is 12.2 Å². The molecule has 0 aliphatic rings. The van der Waals surface area contributed by atoms with E-state index < -0.39 is 0 Å². The maximum Gasteiger partial charge on any atom is 0.337 e. The molecule has 138 valence electrons. The zero-order chi connectivity index (χ0) is 19.4. The molecule has 0 heterocycles. The summed E-state index contributed by atoms with van der Waals surface area (Å²) in [4.78, 5) is 11.0. The minimum Gasteiger partial charge on any atom is -0.462 e. The summed E-state index contributed by atoms with van der Waals surface area (Å²) in [6.45, 7) is 19.9. The van der Waals surface area contributed by atoms with Crippen LogP contribution in [0.4, 0.5) is 0 Å². The van der Waals surface area contributed by atoms with Gasteiger partial charge in [0.15, 0.2) is 0 Å². The molecule has 1 aromatic carbocycles. The van der Waals surface area contributed by atoms with Gasteiger partial charge in [0.25, 0.3) is 0 Å². The molecule has 0 aromatic heterocycles. The quantitative estimate of drug-likeness (QED) is 0.341. The van der Waals surface area contributed by atoms with E-state index in [-0.39, 0.29) is 5.97 Å². The Morgan fingerprint density at radius 1 is 1.04 bits per heavy atom. The van der Waals surface area contributed by atoms with Gasteiger partial charge in [-0.1, -0.05) is 90.1 Å². The van der Waals surface area contributed by atoms with Crippen molar-refractivity contribution in [1.82, 2.24) is 0 Å². The molecule has 24 heavy (non-hydrogen) atoms. The fraction of sp³-hybridized carbons (Fsp3) is 0.500. The van der Waals surface area contributed by atoms with Crippen molar-refractivity contribution in [3.63, 3.8) is 0 Å². The molecule has 2 heteroatoms. The second-order valence-corrected chi connectivity index (χ2v) is 4.33. The summed E-state index contributed by atoms with van der Waals surface area (Å²) in [6.07, 6.45) is 5.27. The number of ether oxygens (including phenoxy) is 1. The van der Waals surface area contributed by atoms with Crippen LogP contribution in [-0.4, -0.2) is 12.6 Å². The highest BCUT2D eigenvalue weighted by Gasteiger charge is 2.03. The molecule has 0 saturated heterocycles. The topological polar surface area (TPSA) is 26.3 Å². The molecule has 1 aromatic rings. The van der Waals surface area contributed by atoms with Gasteiger partial charge in [-0.3, -0.25) is 0 Å². The Morgan fingerprint density at radius 2 is 1.54 bits per heavy atom. The van der Waals surface area contributed by atoms with Gasteiger partial charge < -0.3 is 4.74 Å². The first-order chi connectivity index (χ1) is 11.6. The molecule has 0 radical (unpaired) electrons. The largest absolute Gasteiger partial charge is 0.462 e. The standard InChI is InChI=1S/C9H14O2.C9H12.2C2H6/c1-4-7-8(5-2)9(10)11-6-3;1-3-9-6-4-8(2)5-7-9;2*1-2/h5,7H,2,4,6H2,1,3H3;4-7H,3H2,1-2H3;2*1-2H3/b8-7+;;;. The Hall–Kier alpha value is -1.83. The van der Waals surface area contributed by atoms with Gasteiger partial charge in [-0.15, -0.1) is 0 Å². The van der Waals surface area contributed by atoms with Crippen LogP contribution in [0.5, 0.6) is 0 Å². The predicted molar refractivity (Wildman–Crippen MR) is 108 cm³/mol. The van der Waals surface area contributed by atoms with Crippen molar-refractivity contribution < 1.29 is 9.53 Å². The van der Waals surface area contributed by atoms with Crippen LogP contribution in [0.1, 0.15) is 66.0 Å². The van der Waals surface area contributed by atoms with Crippen LogP contribution in [0.3, 0.4) is 0 Å². The number of esters is 1. The molecule has 0 saturated carbocycles. The highest BCUT2D eigenvalue weighted by atomic mass is 16.5. The number of hydrogen-bond acceptors (Lipinski definition) is 2. The lowest BCUT2D eigenvalue weighted by molar-refractivity contribution is -0.138. The van der Waals surface area contributed by atoms with Crippen molar-refractivity contribution in [1.29, 1.82) is 0 Å². The van der Waals surface area contributed by atoms with Gasteiger partial charge in [-0.25, -0.2) is 4.79 Å². The van der Waals surface area contributed by atoms with E-state index in [1.807, 2.05) is 34.6 Å². The Kier molecular flexibility index (Phi) is 23.8. The summed E-state index contributed by atoms with van der Waals surface area (Å²) in [5.74, 6) is -0.288. The van der Waals surface area contributed by atoms with Gasteiger partial charge in [0.05, 0.1) is 12.2 Å². The van der Waals surface area contributed by atoms with Crippen molar-refractivity contribution in [2.24, 2.45) is 0 Å². The van der Waals surface area contributed by atoms with E-state index in [4.69, 9.17) is 4.74 Å². The Balaban J connectivity index is -0.000000307. The number of rotatable bonds is 5. The van der Waals surface area contributed by atoms with E-state index in [1.165, 1.54) is 17.2 Å². The van der Waals surface area contributed by atoms with E-state index in [1.54, 1.807) is 13.0 Å². The number of allylic oxidation sites excluding steroid dienone is 1. The normalized spacial score (nSPS) is 9.08. The Labute approximate surface area is 150 Å². The average molecular weight is 335 g/mol. The third kappa shape index (κ3) is 15.1. The lowest BCUT2D eigenvalue weighted by Crippen LogP contribution is -2.05. The molecular weight excluding hydrogens is 296 g/mol. The summed E-state index contributed by atoms with van der Waals surface area (Å²) in [6, 6.07) is 8.66. The van der Waals surface area contributed by atoms with Gasteiger partial charge in [0, 0.05) is 0 Å². The SMILES string of the molecule is C=C/C(=C\CC)C(=O)OCC.CC.CC.CCc1ccc(C)cc1. The van der Waals surface area contributed by atoms with Crippen molar-refractivity contribution in [2.75, 3.05) is 6.61 Å². The third-order valence-electron chi connectivity index (χ3n) is 2.68. The van der Waals surface area contributed by atoms with Crippen molar-refractivity contribution >= 4 is 5.97 Å². The van der Waals surface area contributed by atoms with Gasteiger partial charge >= 0.3 is 5.97 Å². The molecule has 0 aliphatic carbocycles. The van der Waals surface area contributed by atoms with E-state index >= 15 is 0 Å². The Morgan fingerprint density at radius 3 is 1.88 bits per heavy atom. The fourth-order valence-electron chi connectivity index (χ4n) is 1.51. The van der Waals surface area contributed by atoms with Gasteiger partial charge in [0.2, 0.25) is 0 Å². The second kappa shape index (κ2) is 21.2. The molecule has 0 fully saturated rings. The minimum atomic E-state index is -0.288. The molecule has 0 bridgehead atoms. The van der Waals surface area contributed by atoms with Crippen LogP contribution in [0, 0.1) is 6.92 Å². The minimum absolute atomic E-state index is 0.288. The maximum absolute atomic E-state index is 11.0. The van der Waals surface area contributed by atoms with Crippen LogP contribution in [0.25, 0.3) is 0 Å². The number of carbonyl (C=O) groups excluding carboxylic acids is 1. The zero-order valence-corrected chi connectivity index (χ0v) is 17.1. The molecule has 0 unspecified atom stereocenters. The zero-order valence-electron chi connectivity index (χ0n) is 17.1. The van der Waals surface area contributed by atoms with Crippen molar-refractivity contribution in [3.8, 4) is 0 Å². The number of carbonyl (C=O) groups is 1. The molecule has 1 rings (SSSR count). The first-order valence-electron chi connectivity index (χ1n) is 9.14. The smallest absolute Gasteiger partial charge is 0.337 e. The van der Waals surface area contributed by atoms with Gasteiger partial charge in [-0.2, -0.15) is 0 Å². The molecule has 0 amide bonds. The summed E-state index contributed by atoms with van der Waals surface area (Å²) >= 11 is 0. The fourth-order valence-corrected chi connectivity index (χ4v) is 1.51. The van der Waals surface area contributed by atoms with E-state index in [2.05, 4.69) is 44.7 Å². The molecule has 2 nitrogen and oxygen atoms in total. The number of benzene rings is 1. The third-order valence-corrected chi connectivity index (χ3v) is 2.68. The van der Waals surface area contributed by atoms with Crippen LogP contribution < -0.4 is 0 Å². The summed E-state index contributed by atoms with van der Waals surface area (Å²) < 4.78 is 4.77. The van der Waals surface area contributed by atoms with Crippen molar-refractivity contribution in [2.45, 2.75) is 68.2 Å². The van der Waals surface area contributed by atoms with Crippen molar-refractivity contribution in [3.05, 3.63) is 59.7 Å². The Bertz CT molecular complexity index is 428. The highest BCUT2D eigenvalue weighted by molar-refractivity contribution is 5.91. The van der Waals surface area contributed by atoms with Crippen LogP contribution >= 0.6 is 0 Å². The van der Waals surface area contributed by atoms with Crippen LogP contribution in [0.2, 0.25) is 0 Å². The first-order valence-corrected chi connectivity index (χ1v) is 9.14. The number of hydrogen-bond donors (Lipinski definition) is 0. The predicted octanol–water partition coefficient (Wildman–Crippen LogP) is 6.68. The molecule has 0 aliphatic heterocycles. The van der Waals surface area contributed by atoms with Crippen LogP contribution in [-0.2, 0) is 16.0 Å². The van der Waals surface area contributed by atoms with Gasteiger partial charge in [-0.05, 0) is 32.3 Å². The summed E-state index contributed by atoms with van der Waals surface area (Å²) in [5, 5.41) is 0. The second-order valence-electron chi connectivity index (χ2n) is 4.33. The highest BCUT2D eigenvalue weighted by Crippen LogP contribution is 2.02.